The molecule has 1 atom stereocenters. The van der Waals surface area contributed by atoms with Crippen LogP contribution in [0.1, 0.15) is 47.2 Å². The minimum absolute atomic E-state index is 0.125. The molecule has 0 bridgehead atoms. The maximum absolute atomic E-state index is 6.54. The fraction of sp³-hybridized carbons (Fsp3) is 0.375. The molecule has 0 fully saturated rings. The quantitative estimate of drug-likeness (QED) is 0.704. The van der Waals surface area contributed by atoms with Gasteiger partial charge in [0, 0.05) is 5.56 Å². The van der Waals surface area contributed by atoms with Crippen molar-refractivity contribution in [1.82, 2.24) is 0 Å². The van der Waals surface area contributed by atoms with Crippen LogP contribution >= 0.6 is 11.6 Å². The van der Waals surface area contributed by atoms with Crippen molar-refractivity contribution in [3.63, 3.8) is 0 Å². The maximum Gasteiger partial charge on any atom is 0.105 e. The van der Waals surface area contributed by atoms with Crippen LogP contribution in [-0.2, 0) is 12.8 Å². The SMILES string of the molecule is CCc1ccc(C(Cl)c2ccoc2C)cc1CC. The fourth-order valence-corrected chi connectivity index (χ4v) is 2.68. The largest absolute Gasteiger partial charge is 0.469 e. The second-order valence-electron chi connectivity index (χ2n) is 4.53. The minimum Gasteiger partial charge on any atom is -0.469 e. The van der Waals surface area contributed by atoms with Gasteiger partial charge in [-0.1, -0.05) is 32.0 Å². The van der Waals surface area contributed by atoms with E-state index >= 15 is 0 Å². The molecule has 0 spiro atoms. The Morgan fingerprint density at radius 1 is 1.11 bits per heavy atom. The standard InChI is InChI=1S/C16H19ClO/c1-4-12-6-7-14(10-13(12)5-2)16(17)15-8-9-18-11(15)3/h6-10,16H,4-5H2,1-3H3. The second kappa shape index (κ2) is 5.62. The van der Waals surface area contributed by atoms with E-state index in [1.807, 2.05) is 13.0 Å². The number of alkyl halides is 1. The van der Waals surface area contributed by atoms with Crippen molar-refractivity contribution >= 4 is 11.6 Å². The number of rotatable bonds is 4. The first-order chi connectivity index (χ1) is 8.67. The van der Waals surface area contributed by atoms with Crippen molar-refractivity contribution < 1.29 is 4.42 Å². The first kappa shape index (κ1) is 13.2. The highest BCUT2D eigenvalue weighted by Crippen LogP contribution is 2.32. The third kappa shape index (κ3) is 2.46. The normalized spacial score (nSPS) is 12.7. The fourth-order valence-electron chi connectivity index (χ4n) is 2.31. The average molecular weight is 263 g/mol. The molecule has 96 valence electrons. The first-order valence-electron chi connectivity index (χ1n) is 6.47. The Kier molecular flexibility index (Phi) is 4.13. The maximum atomic E-state index is 6.54. The topological polar surface area (TPSA) is 13.1 Å². The van der Waals surface area contributed by atoms with E-state index in [1.54, 1.807) is 6.26 Å². The molecule has 0 radical (unpaired) electrons. The van der Waals surface area contributed by atoms with E-state index in [4.69, 9.17) is 16.0 Å². The van der Waals surface area contributed by atoms with Crippen LogP contribution in [0.2, 0.25) is 0 Å². The smallest absolute Gasteiger partial charge is 0.105 e. The van der Waals surface area contributed by atoms with Crippen LogP contribution < -0.4 is 0 Å². The van der Waals surface area contributed by atoms with Crippen LogP contribution in [0.15, 0.2) is 34.9 Å². The molecule has 2 rings (SSSR count). The van der Waals surface area contributed by atoms with E-state index < -0.39 is 0 Å². The molecular formula is C16H19ClO. The molecule has 1 aromatic carbocycles. The Morgan fingerprint density at radius 3 is 2.39 bits per heavy atom. The number of hydrogen-bond donors (Lipinski definition) is 0. The van der Waals surface area contributed by atoms with Crippen molar-refractivity contribution in [1.29, 1.82) is 0 Å². The van der Waals surface area contributed by atoms with E-state index in [9.17, 15) is 0 Å². The van der Waals surface area contributed by atoms with Gasteiger partial charge in [-0.15, -0.1) is 11.6 Å². The van der Waals surface area contributed by atoms with Gasteiger partial charge in [0.05, 0.1) is 11.6 Å². The van der Waals surface area contributed by atoms with Gasteiger partial charge in [-0.2, -0.15) is 0 Å². The van der Waals surface area contributed by atoms with Crippen molar-refractivity contribution in [3.05, 3.63) is 58.5 Å². The summed E-state index contributed by atoms with van der Waals surface area (Å²) in [5, 5.41) is -0.125. The summed E-state index contributed by atoms with van der Waals surface area (Å²) >= 11 is 6.54. The summed E-state index contributed by atoms with van der Waals surface area (Å²) in [4.78, 5) is 0. The van der Waals surface area contributed by atoms with Gasteiger partial charge in [0.25, 0.3) is 0 Å². The lowest BCUT2D eigenvalue weighted by atomic mass is 9.96. The molecule has 0 amide bonds. The summed E-state index contributed by atoms with van der Waals surface area (Å²) in [7, 11) is 0. The summed E-state index contributed by atoms with van der Waals surface area (Å²) in [6.45, 7) is 6.32. The summed E-state index contributed by atoms with van der Waals surface area (Å²) < 4.78 is 5.32. The number of hydrogen-bond acceptors (Lipinski definition) is 1. The second-order valence-corrected chi connectivity index (χ2v) is 4.97. The monoisotopic (exact) mass is 262 g/mol. The van der Waals surface area contributed by atoms with Crippen LogP contribution in [0, 0.1) is 6.92 Å². The lowest BCUT2D eigenvalue weighted by Crippen LogP contribution is -1.98. The van der Waals surface area contributed by atoms with E-state index in [0.717, 1.165) is 29.7 Å². The van der Waals surface area contributed by atoms with Crippen molar-refractivity contribution in [2.45, 2.75) is 39.0 Å². The van der Waals surface area contributed by atoms with Crippen molar-refractivity contribution in [2.75, 3.05) is 0 Å². The number of halogens is 1. The van der Waals surface area contributed by atoms with E-state index in [0.29, 0.717) is 0 Å². The van der Waals surface area contributed by atoms with Crippen LogP contribution in [0.25, 0.3) is 0 Å². The van der Waals surface area contributed by atoms with Gasteiger partial charge in [-0.3, -0.25) is 0 Å². The van der Waals surface area contributed by atoms with Gasteiger partial charge in [-0.25, -0.2) is 0 Å². The zero-order valence-corrected chi connectivity index (χ0v) is 11.9. The Labute approximate surface area is 114 Å². The lowest BCUT2D eigenvalue weighted by molar-refractivity contribution is 0.530. The molecule has 1 heterocycles. The van der Waals surface area contributed by atoms with Gasteiger partial charge < -0.3 is 4.42 Å². The molecule has 0 aliphatic heterocycles. The van der Waals surface area contributed by atoms with Gasteiger partial charge >= 0.3 is 0 Å². The number of furan rings is 1. The summed E-state index contributed by atoms with van der Waals surface area (Å²) in [6.07, 6.45) is 3.81. The molecule has 0 saturated carbocycles. The molecule has 1 nitrogen and oxygen atoms in total. The van der Waals surface area contributed by atoms with Gasteiger partial charge in [0.15, 0.2) is 0 Å². The summed E-state index contributed by atoms with van der Waals surface area (Å²) in [6, 6.07) is 8.50. The van der Waals surface area contributed by atoms with E-state index in [1.165, 1.54) is 11.1 Å². The zero-order chi connectivity index (χ0) is 13.1. The van der Waals surface area contributed by atoms with Crippen LogP contribution in [0.5, 0.6) is 0 Å². The predicted molar refractivity (Wildman–Crippen MR) is 76.3 cm³/mol. The lowest BCUT2D eigenvalue weighted by Gasteiger charge is -2.13. The minimum atomic E-state index is -0.125. The molecule has 2 heteroatoms. The Hall–Kier alpha value is -1.21. The van der Waals surface area contributed by atoms with Gasteiger partial charge in [0.2, 0.25) is 0 Å². The van der Waals surface area contributed by atoms with Crippen LogP contribution in [0.4, 0.5) is 0 Å². The average Bonchev–Trinajstić information content (AvgIpc) is 2.83. The molecule has 1 unspecified atom stereocenters. The Bertz CT molecular complexity index is 528. The third-order valence-electron chi connectivity index (χ3n) is 3.46. The highest BCUT2D eigenvalue weighted by atomic mass is 35.5. The molecule has 2 aromatic rings. The predicted octanol–water partition coefficient (Wildman–Crippen LogP) is 5.04. The Morgan fingerprint density at radius 2 is 1.83 bits per heavy atom. The van der Waals surface area contributed by atoms with Crippen molar-refractivity contribution in [2.24, 2.45) is 0 Å². The first-order valence-corrected chi connectivity index (χ1v) is 6.90. The Balaban J connectivity index is 2.37. The molecule has 0 N–H and O–H groups in total. The molecule has 1 aromatic heterocycles. The zero-order valence-electron chi connectivity index (χ0n) is 11.2. The van der Waals surface area contributed by atoms with Gasteiger partial charge in [0.1, 0.15) is 5.76 Å². The summed E-state index contributed by atoms with van der Waals surface area (Å²) in [5.74, 6) is 0.896. The number of aryl methyl sites for hydroxylation is 3. The van der Waals surface area contributed by atoms with Crippen LogP contribution in [0.3, 0.4) is 0 Å². The molecule has 0 saturated heterocycles. The number of benzene rings is 1. The van der Waals surface area contributed by atoms with Crippen molar-refractivity contribution in [3.8, 4) is 0 Å². The van der Waals surface area contributed by atoms with E-state index in [2.05, 4.69) is 32.0 Å². The van der Waals surface area contributed by atoms with Crippen LogP contribution in [-0.4, -0.2) is 0 Å². The van der Waals surface area contributed by atoms with E-state index in [-0.39, 0.29) is 5.38 Å². The highest BCUT2D eigenvalue weighted by Gasteiger charge is 2.16. The molecule has 0 aliphatic carbocycles. The highest BCUT2D eigenvalue weighted by molar-refractivity contribution is 6.22. The van der Waals surface area contributed by atoms with Gasteiger partial charge in [-0.05, 0) is 42.5 Å². The molecular weight excluding hydrogens is 244 g/mol. The molecule has 0 aliphatic rings. The third-order valence-corrected chi connectivity index (χ3v) is 3.94. The molecule has 18 heavy (non-hydrogen) atoms. The summed E-state index contributed by atoms with van der Waals surface area (Å²) in [5.41, 5.74) is 5.01.